The Morgan fingerprint density at radius 3 is 2.71 bits per heavy atom. The summed E-state index contributed by atoms with van der Waals surface area (Å²) in [6, 6.07) is 7.88. The van der Waals surface area contributed by atoms with E-state index in [2.05, 4.69) is 34.5 Å². The summed E-state index contributed by atoms with van der Waals surface area (Å²) in [6.07, 6.45) is 3.73. The van der Waals surface area contributed by atoms with E-state index in [-0.39, 0.29) is 19.1 Å². The van der Waals surface area contributed by atoms with Crippen LogP contribution in [0.2, 0.25) is 5.02 Å². The van der Waals surface area contributed by atoms with E-state index in [1.54, 1.807) is 0 Å². The highest BCUT2D eigenvalue weighted by molar-refractivity contribution is 6.30. The van der Waals surface area contributed by atoms with Gasteiger partial charge >= 0.3 is 0 Å². The lowest BCUT2D eigenvalue weighted by Crippen LogP contribution is -2.53. The lowest BCUT2D eigenvalue weighted by Gasteiger charge is -2.37. The molecule has 1 aromatic carbocycles. The van der Waals surface area contributed by atoms with Crippen molar-refractivity contribution in [1.82, 2.24) is 29.6 Å². The van der Waals surface area contributed by atoms with Crippen molar-refractivity contribution in [3.63, 3.8) is 0 Å². The van der Waals surface area contributed by atoms with Crippen LogP contribution in [0.1, 0.15) is 41.8 Å². The van der Waals surface area contributed by atoms with E-state index in [0.29, 0.717) is 24.7 Å². The summed E-state index contributed by atoms with van der Waals surface area (Å²) in [4.78, 5) is 13.2. The molecule has 0 radical (unpaired) electrons. The molecule has 3 aliphatic heterocycles. The Morgan fingerprint density at radius 2 is 1.97 bits per heavy atom. The molecule has 0 N–H and O–H groups in total. The summed E-state index contributed by atoms with van der Waals surface area (Å²) >= 11 is 6.36. The van der Waals surface area contributed by atoms with Gasteiger partial charge in [0.25, 0.3) is 0 Å². The maximum Gasteiger partial charge on any atom is 0.169 e. The standard InChI is InChI=1S/C24H27ClFN7O/c1-16-27-7-4-21(28-16)32-8-5-17(6-9-32)23-30-29-22-12-31(13-24(26)14-34-15-24)11-18-10-19(25)2-3-20(18)33(22)23/h2-4,7,10,17H,5-6,8-9,11-15H2,1H3. The van der Waals surface area contributed by atoms with Crippen LogP contribution in [0.4, 0.5) is 10.2 Å². The average molecular weight is 484 g/mol. The number of nitrogens with zero attached hydrogens (tertiary/aromatic N) is 7. The maximum absolute atomic E-state index is 14.9. The van der Waals surface area contributed by atoms with Crippen LogP contribution in [0.15, 0.2) is 30.5 Å². The molecule has 0 amide bonds. The quantitative estimate of drug-likeness (QED) is 0.562. The molecule has 0 unspecified atom stereocenters. The number of anilines is 1. The van der Waals surface area contributed by atoms with Crippen molar-refractivity contribution in [3.05, 3.63) is 58.5 Å². The van der Waals surface area contributed by atoms with Crippen molar-refractivity contribution >= 4 is 17.4 Å². The van der Waals surface area contributed by atoms with Crippen molar-refractivity contribution in [2.45, 2.75) is 44.4 Å². The van der Waals surface area contributed by atoms with E-state index in [1.165, 1.54) is 0 Å². The number of ether oxygens (including phenoxy) is 1. The molecule has 2 fully saturated rings. The zero-order valence-corrected chi connectivity index (χ0v) is 19.9. The highest BCUT2D eigenvalue weighted by atomic mass is 35.5. The minimum Gasteiger partial charge on any atom is -0.375 e. The van der Waals surface area contributed by atoms with Crippen LogP contribution in [0.5, 0.6) is 0 Å². The number of rotatable bonds is 4. The molecule has 0 spiro atoms. The Kier molecular flexibility index (Phi) is 5.50. The summed E-state index contributed by atoms with van der Waals surface area (Å²) in [5, 5.41) is 9.90. The highest BCUT2D eigenvalue weighted by Gasteiger charge is 2.41. The van der Waals surface area contributed by atoms with Crippen molar-refractivity contribution in [1.29, 1.82) is 0 Å². The fraction of sp³-hybridized carbons (Fsp3) is 0.500. The Bertz CT molecular complexity index is 1210. The fourth-order valence-corrected chi connectivity index (χ4v) is 5.46. The number of halogens is 2. The van der Waals surface area contributed by atoms with Gasteiger partial charge in [0.05, 0.1) is 25.4 Å². The predicted molar refractivity (Wildman–Crippen MR) is 126 cm³/mol. The molecule has 2 aromatic heterocycles. The van der Waals surface area contributed by atoms with Crippen LogP contribution in [0.3, 0.4) is 0 Å². The van der Waals surface area contributed by atoms with Gasteiger partial charge in [0.1, 0.15) is 17.5 Å². The first-order chi connectivity index (χ1) is 16.5. The van der Waals surface area contributed by atoms with Gasteiger partial charge in [-0.2, -0.15) is 0 Å². The minimum atomic E-state index is -1.30. The largest absolute Gasteiger partial charge is 0.375 e. The summed E-state index contributed by atoms with van der Waals surface area (Å²) < 4.78 is 22.2. The molecule has 5 heterocycles. The first-order valence-corrected chi connectivity index (χ1v) is 12.1. The molecule has 6 rings (SSSR count). The van der Waals surface area contributed by atoms with E-state index in [9.17, 15) is 4.39 Å². The van der Waals surface area contributed by atoms with Crippen molar-refractivity contribution < 1.29 is 9.13 Å². The molecule has 8 nitrogen and oxygen atoms in total. The van der Waals surface area contributed by atoms with Crippen LogP contribution in [0.25, 0.3) is 5.69 Å². The number of piperidine rings is 1. The molecule has 0 aliphatic carbocycles. The molecule has 0 bridgehead atoms. The van der Waals surface area contributed by atoms with Gasteiger partial charge in [-0.25, -0.2) is 14.4 Å². The van der Waals surface area contributed by atoms with Crippen molar-refractivity contribution in [3.8, 4) is 5.69 Å². The minimum absolute atomic E-state index is 0.147. The van der Waals surface area contributed by atoms with Gasteiger partial charge in [0, 0.05) is 43.3 Å². The smallest absolute Gasteiger partial charge is 0.169 e. The molecule has 2 saturated heterocycles. The normalized spacial score (nSPS) is 20.4. The number of hydrogen-bond acceptors (Lipinski definition) is 7. The molecule has 178 valence electrons. The summed E-state index contributed by atoms with van der Waals surface area (Å²) in [5.74, 6) is 3.85. The number of benzene rings is 1. The predicted octanol–water partition coefficient (Wildman–Crippen LogP) is 3.46. The molecule has 34 heavy (non-hydrogen) atoms. The second-order valence-electron chi connectivity index (χ2n) is 9.60. The fourth-order valence-electron chi connectivity index (χ4n) is 5.27. The number of alkyl halides is 1. The summed E-state index contributed by atoms with van der Waals surface area (Å²) in [5.41, 5.74) is 0.793. The molecule has 0 atom stereocenters. The van der Waals surface area contributed by atoms with Crippen LogP contribution in [-0.2, 0) is 17.8 Å². The molecular weight excluding hydrogens is 457 g/mol. The van der Waals surface area contributed by atoms with Crippen LogP contribution in [-0.4, -0.2) is 68.1 Å². The first kappa shape index (κ1) is 21.9. The van der Waals surface area contributed by atoms with Gasteiger partial charge in [-0.3, -0.25) is 9.47 Å². The van der Waals surface area contributed by atoms with Crippen molar-refractivity contribution in [2.75, 3.05) is 37.7 Å². The number of aryl methyl sites for hydroxylation is 1. The van der Waals surface area contributed by atoms with E-state index in [1.807, 2.05) is 37.4 Å². The third-order valence-electron chi connectivity index (χ3n) is 6.97. The van der Waals surface area contributed by atoms with E-state index >= 15 is 0 Å². The summed E-state index contributed by atoms with van der Waals surface area (Å²) in [7, 11) is 0. The third kappa shape index (κ3) is 4.06. The van der Waals surface area contributed by atoms with Crippen molar-refractivity contribution in [2.24, 2.45) is 0 Å². The Balaban J connectivity index is 1.28. The molecule has 3 aromatic rings. The third-order valence-corrected chi connectivity index (χ3v) is 7.21. The molecule has 3 aliphatic rings. The van der Waals surface area contributed by atoms with Crippen LogP contribution < -0.4 is 4.90 Å². The van der Waals surface area contributed by atoms with Crippen LogP contribution in [0, 0.1) is 6.92 Å². The van der Waals surface area contributed by atoms with Gasteiger partial charge in [0.2, 0.25) is 0 Å². The lowest BCUT2D eigenvalue weighted by atomic mass is 9.95. The molecular formula is C24H27ClFN7O. The highest BCUT2D eigenvalue weighted by Crippen LogP contribution is 2.35. The number of hydrogen-bond donors (Lipinski definition) is 0. The second kappa shape index (κ2) is 8.55. The number of fused-ring (bicyclic) bond motifs is 3. The lowest BCUT2D eigenvalue weighted by molar-refractivity contribution is -0.142. The van der Waals surface area contributed by atoms with Gasteiger partial charge in [0.15, 0.2) is 11.5 Å². The average Bonchev–Trinajstić information content (AvgIpc) is 3.15. The topological polar surface area (TPSA) is 72.2 Å². The number of aromatic nitrogens is 5. The van der Waals surface area contributed by atoms with Gasteiger partial charge in [-0.15, -0.1) is 10.2 Å². The SMILES string of the molecule is Cc1nccc(N2CCC(c3nnc4n3-c3ccc(Cl)cc3CN(CC3(F)COC3)C4)CC2)n1. The second-order valence-corrected chi connectivity index (χ2v) is 10.0. The zero-order chi connectivity index (χ0) is 23.3. The zero-order valence-electron chi connectivity index (χ0n) is 19.1. The summed E-state index contributed by atoms with van der Waals surface area (Å²) in [6.45, 7) is 5.44. The Morgan fingerprint density at radius 1 is 1.15 bits per heavy atom. The van der Waals surface area contributed by atoms with Crippen LogP contribution >= 0.6 is 11.6 Å². The Labute approximate surface area is 202 Å². The first-order valence-electron chi connectivity index (χ1n) is 11.7. The molecule has 10 heteroatoms. The van der Waals surface area contributed by atoms with Gasteiger partial charge < -0.3 is 9.64 Å². The van der Waals surface area contributed by atoms with Gasteiger partial charge in [-0.05, 0) is 49.6 Å². The van der Waals surface area contributed by atoms with E-state index in [0.717, 1.165) is 60.5 Å². The maximum atomic E-state index is 14.9. The van der Waals surface area contributed by atoms with Gasteiger partial charge in [-0.1, -0.05) is 11.6 Å². The molecule has 0 saturated carbocycles. The van der Waals surface area contributed by atoms with E-state index in [4.69, 9.17) is 16.3 Å². The monoisotopic (exact) mass is 483 g/mol. The van der Waals surface area contributed by atoms with E-state index < -0.39 is 5.67 Å². The Hall–Kier alpha value is -2.62.